The molecule has 9 nitrogen and oxygen atoms in total. The number of thiocarbonyl (C=S) groups is 1. The van der Waals surface area contributed by atoms with Gasteiger partial charge in [0.2, 0.25) is 0 Å². The zero-order valence-corrected chi connectivity index (χ0v) is 28.1. The molecule has 5 rings (SSSR count). The fraction of sp³-hybridized carbons (Fsp3) is 0.303. The molecule has 0 spiro atoms. The third kappa shape index (κ3) is 8.52. The van der Waals surface area contributed by atoms with Crippen LogP contribution in [0.3, 0.4) is 0 Å². The van der Waals surface area contributed by atoms with E-state index in [9.17, 15) is 14.7 Å². The van der Waals surface area contributed by atoms with E-state index in [1.165, 1.54) is 31.0 Å². The highest BCUT2D eigenvalue weighted by atomic mass is 35.5. The molecule has 0 bridgehead atoms. The Morgan fingerprint density at radius 1 is 0.978 bits per heavy atom. The number of aromatic carboxylic acids is 1. The molecule has 0 unspecified atom stereocenters. The molecule has 0 aromatic heterocycles. The maximum absolute atomic E-state index is 13.3. The van der Waals surface area contributed by atoms with E-state index >= 15 is 0 Å². The molecule has 2 fully saturated rings. The van der Waals surface area contributed by atoms with Crippen molar-refractivity contribution in [3.8, 4) is 28.4 Å². The second-order valence-electron chi connectivity index (χ2n) is 10.4. The van der Waals surface area contributed by atoms with E-state index in [0.29, 0.717) is 56.1 Å². The summed E-state index contributed by atoms with van der Waals surface area (Å²) in [6, 6.07) is 15.6. The number of carboxylic acids is 1. The van der Waals surface area contributed by atoms with Crippen LogP contribution in [-0.4, -0.2) is 90.8 Å². The molecule has 46 heavy (non-hydrogen) atoms. The molecule has 0 atom stereocenters. The predicted octanol–water partition coefficient (Wildman–Crippen LogP) is 6.75. The van der Waals surface area contributed by atoms with E-state index in [0.717, 1.165) is 49.5 Å². The number of thioether (sulfide) groups is 1. The Labute approximate surface area is 286 Å². The lowest BCUT2D eigenvalue weighted by Crippen LogP contribution is -2.38. The van der Waals surface area contributed by atoms with Crippen molar-refractivity contribution in [1.82, 2.24) is 9.80 Å². The molecule has 2 saturated heterocycles. The van der Waals surface area contributed by atoms with Gasteiger partial charge in [0.25, 0.3) is 5.91 Å². The Bertz CT molecular complexity index is 1650. The number of carboxylic acid groups (broad SMARTS) is 1. The van der Waals surface area contributed by atoms with Gasteiger partial charge in [-0.15, -0.1) is 0 Å². The summed E-state index contributed by atoms with van der Waals surface area (Å²) in [5.74, 6) is 0.207. The first-order chi connectivity index (χ1) is 22.2. The fourth-order valence-electron chi connectivity index (χ4n) is 4.93. The van der Waals surface area contributed by atoms with Crippen molar-refractivity contribution in [2.75, 3.05) is 59.7 Å². The van der Waals surface area contributed by atoms with Gasteiger partial charge in [-0.25, -0.2) is 4.79 Å². The Morgan fingerprint density at radius 2 is 1.74 bits per heavy atom. The minimum Gasteiger partial charge on any atom is -0.493 e. The van der Waals surface area contributed by atoms with Crippen LogP contribution in [0.5, 0.6) is 17.2 Å². The Hall–Kier alpha value is -3.32. The lowest BCUT2D eigenvalue weighted by molar-refractivity contribution is -0.122. The Morgan fingerprint density at radius 3 is 2.48 bits per heavy atom. The number of benzene rings is 3. The maximum Gasteiger partial charge on any atom is 0.335 e. The summed E-state index contributed by atoms with van der Waals surface area (Å²) in [6.07, 6.45) is 2.32. The first-order valence-corrected chi connectivity index (χ1v) is 16.5. The fourth-order valence-corrected chi connectivity index (χ4v) is 6.54. The SMILES string of the molecule is COc1cc(C(=O)O)ccc1OCCCN1C(=O)C(=Cc2ccc(OCCN3CCOCC3)c(-c3ccc(Cl)c(Cl)c3)c2)SC1=S. The van der Waals surface area contributed by atoms with Gasteiger partial charge in [0, 0.05) is 31.7 Å². The van der Waals surface area contributed by atoms with E-state index < -0.39 is 5.97 Å². The summed E-state index contributed by atoms with van der Waals surface area (Å²) in [4.78, 5) is 28.9. The van der Waals surface area contributed by atoms with Gasteiger partial charge in [-0.1, -0.05) is 59.3 Å². The molecule has 0 saturated carbocycles. The van der Waals surface area contributed by atoms with Crippen LogP contribution in [0, 0.1) is 0 Å². The topological polar surface area (TPSA) is 97.8 Å². The lowest BCUT2D eigenvalue weighted by atomic mass is 10.0. The van der Waals surface area contributed by atoms with E-state index in [4.69, 9.17) is 54.4 Å². The van der Waals surface area contributed by atoms with Gasteiger partial charge in [-0.2, -0.15) is 0 Å². The van der Waals surface area contributed by atoms with E-state index in [1.54, 1.807) is 23.1 Å². The van der Waals surface area contributed by atoms with Crippen LogP contribution in [0.4, 0.5) is 0 Å². The van der Waals surface area contributed by atoms with Gasteiger partial charge in [-0.05, 0) is 66.1 Å². The summed E-state index contributed by atoms with van der Waals surface area (Å²) in [6.45, 7) is 5.14. The Balaban J connectivity index is 1.25. The molecule has 2 heterocycles. The second kappa shape index (κ2) is 16.0. The number of carbonyl (C=O) groups excluding carboxylic acids is 1. The van der Waals surface area contributed by atoms with Gasteiger partial charge < -0.3 is 24.1 Å². The number of halogens is 2. The number of hydrogen-bond donors (Lipinski definition) is 1. The van der Waals surface area contributed by atoms with Crippen LogP contribution >= 0.6 is 47.2 Å². The van der Waals surface area contributed by atoms with Gasteiger partial charge in [0.15, 0.2) is 11.5 Å². The van der Waals surface area contributed by atoms with Crippen LogP contribution in [0.15, 0.2) is 59.5 Å². The number of methoxy groups -OCH3 is 1. The molecule has 0 radical (unpaired) electrons. The van der Waals surface area contributed by atoms with E-state index in [-0.39, 0.29) is 18.1 Å². The number of morpholine rings is 1. The van der Waals surface area contributed by atoms with Crippen LogP contribution in [0.1, 0.15) is 22.3 Å². The highest BCUT2D eigenvalue weighted by molar-refractivity contribution is 8.26. The van der Waals surface area contributed by atoms with Crippen LogP contribution in [0.2, 0.25) is 10.0 Å². The molecule has 3 aromatic rings. The van der Waals surface area contributed by atoms with Gasteiger partial charge >= 0.3 is 5.97 Å². The number of ether oxygens (including phenoxy) is 4. The number of carbonyl (C=O) groups is 2. The summed E-state index contributed by atoms with van der Waals surface area (Å²) in [5.41, 5.74) is 2.58. The number of nitrogens with zero attached hydrogens (tertiary/aromatic N) is 2. The molecular formula is C33H32Cl2N2O7S2. The van der Waals surface area contributed by atoms with E-state index in [2.05, 4.69) is 4.90 Å². The van der Waals surface area contributed by atoms with Crippen molar-refractivity contribution in [3.05, 3.63) is 80.7 Å². The standard InChI is InChI=1S/C33H32Cl2N2O7S2/c1-41-29-20-23(32(39)40)5-8-28(29)43-13-2-9-37-31(38)30(46-33(37)45)18-21-3-7-27(44-16-12-36-10-14-42-15-11-36)24(17-21)22-4-6-25(34)26(35)19-22/h3-8,17-20H,2,9-16H2,1H3,(H,39,40). The first-order valence-electron chi connectivity index (χ1n) is 14.6. The normalized spacial score (nSPS) is 16.2. The van der Waals surface area contributed by atoms with Crippen LogP contribution < -0.4 is 14.2 Å². The quantitative estimate of drug-likeness (QED) is 0.117. The average molecular weight is 704 g/mol. The Kier molecular flexibility index (Phi) is 11.8. The van der Waals surface area contributed by atoms with Crippen molar-refractivity contribution in [2.45, 2.75) is 6.42 Å². The minimum atomic E-state index is -1.05. The maximum atomic E-state index is 13.3. The summed E-state index contributed by atoms with van der Waals surface area (Å²) < 4.78 is 23.2. The van der Waals surface area contributed by atoms with Crippen molar-refractivity contribution in [2.24, 2.45) is 0 Å². The summed E-state index contributed by atoms with van der Waals surface area (Å²) >= 11 is 19.3. The summed E-state index contributed by atoms with van der Waals surface area (Å²) in [7, 11) is 1.45. The highest BCUT2D eigenvalue weighted by Crippen LogP contribution is 2.37. The van der Waals surface area contributed by atoms with E-state index in [1.807, 2.05) is 30.3 Å². The number of hydrogen-bond acceptors (Lipinski definition) is 9. The van der Waals surface area contributed by atoms with Gasteiger partial charge in [0.1, 0.15) is 16.7 Å². The van der Waals surface area contributed by atoms with Crippen molar-refractivity contribution >= 4 is 69.5 Å². The molecule has 2 aliphatic heterocycles. The predicted molar refractivity (Wildman–Crippen MR) is 185 cm³/mol. The van der Waals surface area contributed by atoms with Gasteiger partial charge in [-0.3, -0.25) is 14.6 Å². The molecular weight excluding hydrogens is 671 g/mol. The molecule has 1 N–H and O–H groups in total. The largest absolute Gasteiger partial charge is 0.493 e. The molecule has 2 aliphatic rings. The number of rotatable bonds is 13. The van der Waals surface area contributed by atoms with Crippen molar-refractivity contribution in [3.63, 3.8) is 0 Å². The molecule has 3 aromatic carbocycles. The first kappa shape index (κ1) is 34.0. The lowest BCUT2D eigenvalue weighted by Gasteiger charge is -2.26. The zero-order chi connectivity index (χ0) is 32.6. The highest BCUT2D eigenvalue weighted by Gasteiger charge is 2.31. The molecule has 1 amide bonds. The van der Waals surface area contributed by atoms with Crippen molar-refractivity contribution in [1.29, 1.82) is 0 Å². The molecule has 13 heteroatoms. The van der Waals surface area contributed by atoms with Gasteiger partial charge in [0.05, 0.1) is 47.4 Å². The summed E-state index contributed by atoms with van der Waals surface area (Å²) in [5, 5.41) is 10.1. The minimum absolute atomic E-state index is 0.101. The van der Waals surface area contributed by atoms with Crippen molar-refractivity contribution < 1.29 is 33.6 Å². The smallest absolute Gasteiger partial charge is 0.335 e. The monoisotopic (exact) mass is 702 g/mol. The third-order valence-corrected chi connectivity index (χ3v) is 9.49. The molecule has 0 aliphatic carbocycles. The van der Waals surface area contributed by atoms with Crippen LogP contribution in [0.25, 0.3) is 17.2 Å². The number of amides is 1. The molecule has 242 valence electrons. The average Bonchev–Trinajstić information content (AvgIpc) is 3.32. The van der Waals surface area contributed by atoms with Crippen LogP contribution in [-0.2, 0) is 9.53 Å². The zero-order valence-electron chi connectivity index (χ0n) is 25.0. The third-order valence-electron chi connectivity index (χ3n) is 7.37. The second-order valence-corrected chi connectivity index (χ2v) is 12.9.